The Labute approximate surface area is 192 Å². The van der Waals surface area contributed by atoms with Crippen molar-refractivity contribution in [3.8, 4) is 0 Å². The van der Waals surface area contributed by atoms with Crippen molar-refractivity contribution >= 4 is 5.97 Å². The molecule has 0 unspecified atom stereocenters. The lowest BCUT2D eigenvalue weighted by Gasteiger charge is -2.60. The van der Waals surface area contributed by atoms with Gasteiger partial charge >= 0.3 is 5.97 Å². The zero-order valence-electron chi connectivity index (χ0n) is 21.2. The van der Waals surface area contributed by atoms with Gasteiger partial charge in [-0.3, -0.25) is 4.79 Å². The summed E-state index contributed by atoms with van der Waals surface area (Å²) in [5.74, 6) is 6.91. The van der Waals surface area contributed by atoms with Crippen molar-refractivity contribution in [1.29, 1.82) is 0 Å². The molecule has 2 nitrogen and oxygen atoms in total. The molecule has 0 aromatic heterocycles. The minimum Gasteiger partial charge on any atom is -0.432 e. The molecule has 0 aliphatic heterocycles. The van der Waals surface area contributed by atoms with Gasteiger partial charge in [0, 0.05) is 13.3 Å². The van der Waals surface area contributed by atoms with Crippen LogP contribution in [0.3, 0.4) is 0 Å². The Morgan fingerprint density at radius 1 is 1.03 bits per heavy atom. The van der Waals surface area contributed by atoms with Crippen LogP contribution in [0.4, 0.5) is 0 Å². The van der Waals surface area contributed by atoms with Crippen molar-refractivity contribution < 1.29 is 9.53 Å². The third-order valence-corrected chi connectivity index (χ3v) is 10.8. The van der Waals surface area contributed by atoms with Crippen LogP contribution in [-0.2, 0) is 9.53 Å². The van der Waals surface area contributed by atoms with Crippen LogP contribution in [0.25, 0.3) is 0 Å². The Hall–Kier alpha value is -0.790. The van der Waals surface area contributed by atoms with Crippen LogP contribution in [-0.4, -0.2) is 5.97 Å². The quantitative estimate of drug-likeness (QED) is 0.399. The zero-order chi connectivity index (χ0) is 22.4. The SMILES string of the molecule is CC(=O)OC1=CC[C@@]2(C)[C@@H](CC[C@H]3[C@@H]4CC[C@@H]([C@H](C)CCCC(C)C)[C@@]4(C)CC[C@@H]32)C1. The molecular weight excluding hydrogens is 380 g/mol. The molecule has 0 bridgehead atoms. The topological polar surface area (TPSA) is 26.3 Å². The molecule has 0 aromatic rings. The van der Waals surface area contributed by atoms with E-state index in [0.29, 0.717) is 16.7 Å². The lowest BCUT2D eigenvalue weighted by molar-refractivity contribution is -0.139. The van der Waals surface area contributed by atoms with Crippen molar-refractivity contribution in [3.63, 3.8) is 0 Å². The number of fused-ring (bicyclic) bond motifs is 5. The molecule has 0 N–H and O–H groups in total. The lowest BCUT2D eigenvalue weighted by Crippen LogP contribution is -2.52. The molecule has 3 saturated carbocycles. The molecule has 0 aromatic carbocycles. The van der Waals surface area contributed by atoms with Crippen molar-refractivity contribution in [2.75, 3.05) is 0 Å². The Balaban J connectivity index is 1.46. The highest BCUT2D eigenvalue weighted by molar-refractivity contribution is 5.67. The van der Waals surface area contributed by atoms with Crippen LogP contribution >= 0.6 is 0 Å². The third-order valence-electron chi connectivity index (χ3n) is 10.8. The maximum Gasteiger partial charge on any atom is 0.307 e. The van der Waals surface area contributed by atoms with Gasteiger partial charge in [-0.25, -0.2) is 0 Å². The fourth-order valence-corrected chi connectivity index (χ4v) is 9.14. The second kappa shape index (κ2) is 8.86. The van der Waals surface area contributed by atoms with Crippen molar-refractivity contribution in [2.45, 2.75) is 112 Å². The van der Waals surface area contributed by atoms with Gasteiger partial charge in [-0.05, 0) is 103 Å². The second-order valence-electron chi connectivity index (χ2n) is 12.9. The van der Waals surface area contributed by atoms with E-state index in [2.05, 4.69) is 40.7 Å². The van der Waals surface area contributed by atoms with Crippen molar-refractivity contribution in [2.24, 2.45) is 52.3 Å². The van der Waals surface area contributed by atoms with Gasteiger partial charge in [0.05, 0.1) is 0 Å². The van der Waals surface area contributed by atoms with Gasteiger partial charge in [-0.15, -0.1) is 0 Å². The van der Waals surface area contributed by atoms with E-state index >= 15 is 0 Å². The van der Waals surface area contributed by atoms with Crippen LogP contribution in [0.5, 0.6) is 0 Å². The van der Waals surface area contributed by atoms with Crippen molar-refractivity contribution in [3.05, 3.63) is 11.8 Å². The summed E-state index contributed by atoms with van der Waals surface area (Å²) in [7, 11) is 0. The molecule has 4 aliphatic rings. The summed E-state index contributed by atoms with van der Waals surface area (Å²) < 4.78 is 5.52. The van der Waals surface area contributed by atoms with E-state index in [-0.39, 0.29) is 5.97 Å². The largest absolute Gasteiger partial charge is 0.432 e. The summed E-state index contributed by atoms with van der Waals surface area (Å²) in [5, 5.41) is 0. The number of carbonyl (C=O) groups is 1. The van der Waals surface area contributed by atoms with E-state index in [1.165, 1.54) is 64.7 Å². The van der Waals surface area contributed by atoms with Gasteiger partial charge in [0.1, 0.15) is 5.76 Å². The average molecular weight is 429 g/mol. The van der Waals surface area contributed by atoms with E-state index < -0.39 is 0 Å². The fourth-order valence-electron chi connectivity index (χ4n) is 9.14. The van der Waals surface area contributed by atoms with Gasteiger partial charge in [-0.2, -0.15) is 0 Å². The van der Waals surface area contributed by atoms with E-state index in [0.717, 1.165) is 54.1 Å². The molecule has 0 spiro atoms. The first-order valence-electron chi connectivity index (χ1n) is 13.5. The number of hydrogen-bond donors (Lipinski definition) is 0. The Kier molecular flexibility index (Phi) is 6.68. The first kappa shape index (κ1) is 23.4. The summed E-state index contributed by atoms with van der Waals surface area (Å²) in [4.78, 5) is 11.5. The van der Waals surface area contributed by atoms with Crippen LogP contribution in [0.15, 0.2) is 11.8 Å². The van der Waals surface area contributed by atoms with Gasteiger partial charge in [0.15, 0.2) is 0 Å². The molecule has 0 saturated heterocycles. The van der Waals surface area contributed by atoms with Gasteiger partial charge in [0.25, 0.3) is 0 Å². The number of hydrogen-bond acceptors (Lipinski definition) is 2. The van der Waals surface area contributed by atoms with Crippen LogP contribution in [0.1, 0.15) is 112 Å². The number of allylic oxidation sites excluding steroid dienone is 2. The zero-order valence-corrected chi connectivity index (χ0v) is 21.2. The van der Waals surface area contributed by atoms with Crippen LogP contribution in [0.2, 0.25) is 0 Å². The molecule has 4 rings (SSSR count). The summed E-state index contributed by atoms with van der Waals surface area (Å²) in [6.07, 6.45) is 17.2. The third kappa shape index (κ3) is 4.26. The molecule has 0 radical (unpaired) electrons. The number of ether oxygens (including phenoxy) is 1. The smallest absolute Gasteiger partial charge is 0.307 e. The number of carbonyl (C=O) groups excluding carboxylic acids is 1. The Morgan fingerprint density at radius 3 is 2.48 bits per heavy atom. The van der Waals surface area contributed by atoms with E-state index in [1.807, 2.05) is 0 Å². The molecule has 0 amide bonds. The minimum atomic E-state index is -0.156. The van der Waals surface area contributed by atoms with Crippen LogP contribution in [0, 0.1) is 52.3 Å². The van der Waals surface area contributed by atoms with E-state index in [1.54, 1.807) is 0 Å². The fraction of sp³-hybridized carbons (Fsp3) is 0.897. The molecule has 4 aliphatic carbocycles. The normalized spacial score (nSPS) is 42.9. The highest BCUT2D eigenvalue weighted by Gasteiger charge is 2.60. The minimum absolute atomic E-state index is 0.156. The lowest BCUT2D eigenvalue weighted by atomic mass is 9.45. The summed E-state index contributed by atoms with van der Waals surface area (Å²) in [6, 6.07) is 0. The maximum atomic E-state index is 11.5. The average Bonchev–Trinajstić information content (AvgIpc) is 3.05. The highest BCUT2D eigenvalue weighted by Crippen LogP contribution is 2.68. The van der Waals surface area contributed by atoms with Gasteiger partial charge in [-0.1, -0.05) is 53.9 Å². The second-order valence-corrected chi connectivity index (χ2v) is 12.9. The van der Waals surface area contributed by atoms with E-state index in [9.17, 15) is 4.79 Å². The van der Waals surface area contributed by atoms with Gasteiger partial charge in [0.2, 0.25) is 0 Å². The molecule has 0 heterocycles. The first-order chi connectivity index (χ1) is 14.6. The summed E-state index contributed by atoms with van der Waals surface area (Å²) >= 11 is 0. The number of esters is 1. The predicted octanol–water partition coefficient (Wildman–Crippen LogP) is 8.16. The molecule has 31 heavy (non-hydrogen) atoms. The molecule has 176 valence electrons. The number of rotatable bonds is 6. The molecule has 2 heteroatoms. The van der Waals surface area contributed by atoms with Gasteiger partial charge < -0.3 is 4.74 Å². The molecular formula is C29H48O2. The van der Waals surface area contributed by atoms with Crippen molar-refractivity contribution in [1.82, 2.24) is 0 Å². The maximum absolute atomic E-state index is 11.5. The molecule has 3 fully saturated rings. The van der Waals surface area contributed by atoms with Crippen LogP contribution < -0.4 is 0 Å². The monoisotopic (exact) mass is 428 g/mol. The Morgan fingerprint density at radius 2 is 1.77 bits per heavy atom. The summed E-state index contributed by atoms with van der Waals surface area (Å²) in [6.45, 7) is 14.1. The standard InChI is InChI=1S/C29H48O2/c1-19(2)8-7-9-20(3)25-12-13-26-24-11-10-22-18-23(31-21(4)30)14-16-28(22,5)27(24)15-17-29(25,26)6/h14,19-20,22,24-27H,7-13,15-18H2,1-6H3/t20-,22+,24+,25+,26+,27+,28+,29-/m1/s1. The van der Waals surface area contributed by atoms with E-state index in [4.69, 9.17) is 4.74 Å². The summed E-state index contributed by atoms with van der Waals surface area (Å²) in [5.41, 5.74) is 0.990. The molecule has 8 atom stereocenters. The highest BCUT2D eigenvalue weighted by atomic mass is 16.5. The predicted molar refractivity (Wildman–Crippen MR) is 128 cm³/mol. The first-order valence-corrected chi connectivity index (χ1v) is 13.5. The Bertz CT molecular complexity index is 693.